The summed E-state index contributed by atoms with van der Waals surface area (Å²) in [5.74, 6) is -1.17. The highest BCUT2D eigenvalue weighted by Crippen LogP contribution is 2.43. The second-order valence-corrected chi connectivity index (χ2v) is 8.33. The Morgan fingerprint density at radius 2 is 2.00 bits per heavy atom. The number of carbonyl (C=O) groups excluding carboxylic acids is 2. The predicted molar refractivity (Wildman–Crippen MR) is 129 cm³/mol. The number of hydrogen-bond donors (Lipinski definition) is 1. The lowest BCUT2D eigenvalue weighted by atomic mass is 9.94. The number of nitrogens with zero attached hydrogens (tertiary/aromatic N) is 1. The van der Waals surface area contributed by atoms with E-state index < -0.39 is 23.5 Å². The van der Waals surface area contributed by atoms with Crippen LogP contribution in [0.4, 0.5) is 0 Å². The van der Waals surface area contributed by atoms with Gasteiger partial charge in [0, 0.05) is 11.6 Å². The van der Waals surface area contributed by atoms with E-state index in [2.05, 4.69) is 6.58 Å². The molecule has 0 aromatic heterocycles. The average molecular weight is 490 g/mol. The molecule has 1 unspecified atom stereocenters. The Kier molecular flexibility index (Phi) is 8.06. The largest absolute Gasteiger partial charge is 0.507 e. The van der Waals surface area contributed by atoms with Crippen LogP contribution in [0, 0.1) is 0 Å². The number of amides is 1. The molecule has 0 spiro atoms. The van der Waals surface area contributed by atoms with Crippen LogP contribution in [-0.4, -0.2) is 42.0 Å². The van der Waals surface area contributed by atoms with Gasteiger partial charge in [-0.3, -0.25) is 9.59 Å². The molecule has 1 fully saturated rings. The first kappa shape index (κ1) is 24.7. The Bertz CT molecular complexity index is 1110. The first-order valence-corrected chi connectivity index (χ1v) is 11.2. The summed E-state index contributed by atoms with van der Waals surface area (Å²) >= 11 is 12.4. The van der Waals surface area contributed by atoms with Gasteiger partial charge in [-0.05, 0) is 36.2 Å². The molecule has 0 radical (unpaired) electrons. The number of aliphatic hydroxyl groups excluding tert-OH is 1. The van der Waals surface area contributed by atoms with Crippen molar-refractivity contribution in [3.8, 4) is 11.5 Å². The van der Waals surface area contributed by atoms with Gasteiger partial charge in [0.15, 0.2) is 0 Å². The zero-order chi connectivity index (χ0) is 24.1. The van der Waals surface area contributed by atoms with Gasteiger partial charge < -0.3 is 19.5 Å². The Morgan fingerprint density at radius 1 is 1.24 bits per heavy atom. The number of ketones is 1. The summed E-state index contributed by atoms with van der Waals surface area (Å²) in [5.41, 5.74) is 0.696. The third-order valence-electron chi connectivity index (χ3n) is 5.30. The van der Waals surface area contributed by atoms with Gasteiger partial charge in [0.05, 0.1) is 29.3 Å². The number of halogens is 2. The van der Waals surface area contributed by atoms with Crippen molar-refractivity contribution < 1.29 is 24.2 Å². The molecule has 6 nitrogen and oxygen atoms in total. The van der Waals surface area contributed by atoms with Crippen LogP contribution in [0.25, 0.3) is 5.76 Å². The minimum Gasteiger partial charge on any atom is -0.507 e. The first-order chi connectivity index (χ1) is 15.8. The highest BCUT2D eigenvalue weighted by atomic mass is 35.5. The maximum atomic E-state index is 13.1. The number of unbranched alkanes of at least 4 members (excludes halogenated alkanes) is 1. The topological polar surface area (TPSA) is 76.1 Å². The van der Waals surface area contributed by atoms with Crippen LogP contribution in [-0.2, 0) is 9.59 Å². The molecule has 1 saturated heterocycles. The van der Waals surface area contributed by atoms with E-state index in [1.165, 1.54) is 24.1 Å². The van der Waals surface area contributed by atoms with Crippen molar-refractivity contribution in [1.82, 2.24) is 4.90 Å². The Labute approximate surface area is 203 Å². The van der Waals surface area contributed by atoms with Gasteiger partial charge in [0.1, 0.15) is 23.9 Å². The number of likely N-dealkylation sites (tertiary alicyclic amines) is 1. The van der Waals surface area contributed by atoms with E-state index in [1.807, 2.05) is 6.92 Å². The number of benzene rings is 2. The van der Waals surface area contributed by atoms with Gasteiger partial charge in [-0.1, -0.05) is 61.3 Å². The van der Waals surface area contributed by atoms with Crippen molar-refractivity contribution in [3.63, 3.8) is 0 Å². The van der Waals surface area contributed by atoms with Gasteiger partial charge >= 0.3 is 0 Å². The number of Topliss-reactive ketones (excluding diaryl/α,β-unsaturated/α-hetero) is 1. The fraction of sp³-hybridized carbons (Fsp3) is 0.280. The van der Waals surface area contributed by atoms with Crippen LogP contribution < -0.4 is 9.47 Å². The third kappa shape index (κ3) is 5.02. The van der Waals surface area contributed by atoms with E-state index in [0.29, 0.717) is 30.9 Å². The Balaban J connectivity index is 2.23. The number of methoxy groups -OCH3 is 1. The van der Waals surface area contributed by atoms with Crippen molar-refractivity contribution in [2.24, 2.45) is 0 Å². The smallest absolute Gasteiger partial charge is 0.295 e. The molecule has 174 valence electrons. The van der Waals surface area contributed by atoms with Crippen LogP contribution in [0.3, 0.4) is 0 Å². The van der Waals surface area contributed by atoms with Crippen molar-refractivity contribution in [2.45, 2.75) is 25.8 Å². The van der Waals surface area contributed by atoms with Crippen LogP contribution in [0.15, 0.2) is 54.6 Å². The summed E-state index contributed by atoms with van der Waals surface area (Å²) in [6.07, 6.45) is 3.15. The van der Waals surface area contributed by atoms with E-state index >= 15 is 0 Å². The SMILES string of the molecule is C=CCOc1cccc(C2/C(=C(\O)c3cc(Cl)cc(Cl)c3OC)C(=O)C(=O)N2CCCC)c1. The lowest BCUT2D eigenvalue weighted by Gasteiger charge is -2.25. The van der Waals surface area contributed by atoms with Gasteiger partial charge in [0.2, 0.25) is 0 Å². The summed E-state index contributed by atoms with van der Waals surface area (Å²) in [6.45, 7) is 6.30. The van der Waals surface area contributed by atoms with E-state index in [1.54, 1.807) is 30.3 Å². The maximum Gasteiger partial charge on any atom is 0.295 e. The van der Waals surface area contributed by atoms with Crippen molar-refractivity contribution in [1.29, 1.82) is 0 Å². The third-order valence-corrected chi connectivity index (χ3v) is 5.80. The normalized spacial score (nSPS) is 17.3. The van der Waals surface area contributed by atoms with Crippen molar-refractivity contribution in [3.05, 3.63) is 75.8 Å². The summed E-state index contributed by atoms with van der Waals surface area (Å²) < 4.78 is 11.0. The predicted octanol–water partition coefficient (Wildman–Crippen LogP) is 5.79. The van der Waals surface area contributed by atoms with E-state index in [0.717, 1.165) is 6.42 Å². The summed E-state index contributed by atoms with van der Waals surface area (Å²) in [6, 6.07) is 9.17. The average Bonchev–Trinajstić information content (AvgIpc) is 3.05. The van der Waals surface area contributed by atoms with Crippen LogP contribution in [0.2, 0.25) is 10.0 Å². The number of carbonyl (C=O) groups is 2. The van der Waals surface area contributed by atoms with Crippen LogP contribution in [0.1, 0.15) is 36.9 Å². The molecule has 0 bridgehead atoms. The number of rotatable bonds is 9. The van der Waals surface area contributed by atoms with Gasteiger partial charge in [-0.2, -0.15) is 0 Å². The monoisotopic (exact) mass is 489 g/mol. The number of hydrogen-bond acceptors (Lipinski definition) is 5. The minimum atomic E-state index is -0.814. The second kappa shape index (κ2) is 10.8. The summed E-state index contributed by atoms with van der Waals surface area (Å²) in [5, 5.41) is 11.7. The molecule has 1 aliphatic heterocycles. The van der Waals surface area contributed by atoms with Crippen molar-refractivity contribution >= 4 is 40.7 Å². The molecule has 1 amide bonds. The van der Waals surface area contributed by atoms with E-state index in [-0.39, 0.29) is 26.9 Å². The van der Waals surface area contributed by atoms with Crippen LogP contribution in [0.5, 0.6) is 11.5 Å². The molecular formula is C25H25Cl2NO5. The molecule has 1 aliphatic rings. The lowest BCUT2D eigenvalue weighted by molar-refractivity contribution is -0.139. The molecule has 8 heteroatoms. The Morgan fingerprint density at radius 3 is 2.67 bits per heavy atom. The molecule has 1 heterocycles. The lowest BCUT2D eigenvalue weighted by Crippen LogP contribution is -2.30. The fourth-order valence-corrected chi connectivity index (χ4v) is 4.37. The highest BCUT2D eigenvalue weighted by molar-refractivity contribution is 6.46. The zero-order valence-corrected chi connectivity index (χ0v) is 19.9. The molecule has 2 aromatic rings. The Hall–Kier alpha value is -2.96. The summed E-state index contributed by atoms with van der Waals surface area (Å²) in [4.78, 5) is 27.6. The molecular weight excluding hydrogens is 465 g/mol. The zero-order valence-electron chi connectivity index (χ0n) is 18.4. The minimum absolute atomic E-state index is 0.0615. The van der Waals surface area contributed by atoms with E-state index in [9.17, 15) is 14.7 Å². The van der Waals surface area contributed by atoms with Gasteiger partial charge in [0.25, 0.3) is 11.7 Å². The van der Waals surface area contributed by atoms with Crippen molar-refractivity contribution in [2.75, 3.05) is 20.3 Å². The molecule has 2 aromatic carbocycles. The highest BCUT2D eigenvalue weighted by Gasteiger charge is 2.46. The quantitative estimate of drug-likeness (QED) is 0.209. The van der Waals surface area contributed by atoms with Gasteiger partial charge in [-0.15, -0.1) is 0 Å². The van der Waals surface area contributed by atoms with Gasteiger partial charge in [-0.25, -0.2) is 0 Å². The molecule has 1 atom stereocenters. The number of aliphatic hydroxyl groups is 1. The van der Waals surface area contributed by atoms with Crippen LogP contribution >= 0.6 is 23.2 Å². The first-order valence-electron chi connectivity index (χ1n) is 10.5. The summed E-state index contributed by atoms with van der Waals surface area (Å²) in [7, 11) is 1.39. The fourth-order valence-electron chi connectivity index (χ4n) is 3.80. The molecule has 0 saturated carbocycles. The maximum absolute atomic E-state index is 13.1. The standard InChI is InChI=1S/C25H25Cl2NO5/c1-4-6-10-28-21(15-8-7-9-17(12-15)33-11-5-2)20(23(30)25(28)31)22(29)18-13-16(26)14-19(27)24(18)32-3/h5,7-9,12-14,21,29H,2,4,6,10-11H2,1,3H3/b22-20+. The molecule has 0 aliphatic carbocycles. The molecule has 1 N–H and O–H groups in total. The molecule has 33 heavy (non-hydrogen) atoms. The second-order valence-electron chi connectivity index (χ2n) is 7.49. The van der Waals surface area contributed by atoms with E-state index in [4.69, 9.17) is 32.7 Å². The molecule has 3 rings (SSSR count). The number of ether oxygens (including phenoxy) is 2.